The number of methoxy groups -OCH3 is 1. The van der Waals surface area contributed by atoms with Crippen LogP contribution in [0.15, 0.2) is 65.7 Å². The number of ether oxygens (including phenoxy) is 1. The van der Waals surface area contributed by atoms with Crippen LogP contribution in [0.2, 0.25) is 5.02 Å². The number of rotatable bonds is 9. The fourth-order valence-electron chi connectivity index (χ4n) is 4.74. The monoisotopic (exact) mass is 588 g/mol. The lowest BCUT2D eigenvalue weighted by Crippen LogP contribution is -2.38. The van der Waals surface area contributed by atoms with Gasteiger partial charge in [0.25, 0.3) is 0 Å². The first-order valence-corrected chi connectivity index (χ1v) is 13.6. The summed E-state index contributed by atoms with van der Waals surface area (Å²) in [4.78, 5) is 30.5. The Kier molecular flexibility index (Phi) is 8.39. The van der Waals surface area contributed by atoms with Crippen LogP contribution in [-0.4, -0.2) is 62.7 Å². The number of fused-ring (bicyclic) bond motifs is 3. The summed E-state index contributed by atoms with van der Waals surface area (Å²) in [7, 11) is 1.59. The summed E-state index contributed by atoms with van der Waals surface area (Å²) in [6.07, 6.45) is 0.374. The maximum atomic E-state index is 13.1. The van der Waals surface area contributed by atoms with Gasteiger partial charge in [-0.05, 0) is 61.4 Å². The molecule has 4 aromatic rings. The molecule has 12 heteroatoms. The summed E-state index contributed by atoms with van der Waals surface area (Å²) in [6, 6.07) is 16.7. The third kappa shape index (κ3) is 6.21. The minimum atomic E-state index is -0.694. The Morgan fingerprint density at radius 2 is 1.76 bits per heavy atom. The van der Waals surface area contributed by atoms with Crippen LogP contribution in [0.3, 0.4) is 0 Å². The van der Waals surface area contributed by atoms with Crippen LogP contribution >= 0.6 is 11.6 Å². The Balaban J connectivity index is 1.33. The minimum Gasteiger partial charge on any atom is -0.504 e. The van der Waals surface area contributed by atoms with Gasteiger partial charge in [-0.15, -0.1) is 10.2 Å². The largest absolute Gasteiger partial charge is 0.504 e. The number of halogens is 1. The molecule has 0 unspecified atom stereocenters. The van der Waals surface area contributed by atoms with Crippen molar-refractivity contribution in [2.24, 2.45) is 4.99 Å². The second kappa shape index (κ2) is 12.3. The number of nitrogens with zero attached hydrogens (tertiary/aromatic N) is 4. The van der Waals surface area contributed by atoms with Crippen LogP contribution in [0.25, 0.3) is 5.69 Å². The third-order valence-electron chi connectivity index (χ3n) is 6.85. The lowest BCUT2D eigenvalue weighted by atomic mass is 10.00. The Bertz CT molecular complexity index is 1670. The molecule has 0 radical (unpaired) electrons. The van der Waals surface area contributed by atoms with Crippen LogP contribution < -0.4 is 15.4 Å². The number of carbonyl (C=O) groups excluding carboxylic acids is 2. The van der Waals surface area contributed by atoms with Gasteiger partial charge >= 0.3 is 0 Å². The number of amides is 2. The van der Waals surface area contributed by atoms with E-state index in [2.05, 4.69) is 20.8 Å². The highest BCUT2D eigenvalue weighted by Crippen LogP contribution is 2.34. The van der Waals surface area contributed by atoms with E-state index in [4.69, 9.17) is 21.3 Å². The van der Waals surface area contributed by atoms with E-state index in [0.29, 0.717) is 41.1 Å². The Morgan fingerprint density at radius 1 is 0.976 bits per heavy atom. The second-order valence-electron chi connectivity index (χ2n) is 9.73. The number of aromatic nitrogens is 3. The molecule has 4 N–H and O–H groups in total. The molecule has 5 rings (SSSR count). The smallest absolute Gasteiger partial charge is 0.239 e. The van der Waals surface area contributed by atoms with Crippen molar-refractivity contribution >= 4 is 29.1 Å². The van der Waals surface area contributed by atoms with E-state index in [1.807, 2.05) is 41.8 Å². The molecule has 1 atom stereocenters. The molecule has 42 heavy (non-hydrogen) atoms. The molecule has 0 spiro atoms. The van der Waals surface area contributed by atoms with E-state index in [9.17, 15) is 19.8 Å². The van der Waals surface area contributed by atoms with Gasteiger partial charge in [0.2, 0.25) is 11.8 Å². The lowest BCUT2D eigenvalue weighted by Gasteiger charge is -2.14. The van der Waals surface area contributed by atoms with Gasteiger partial charge in [0, 0.05) is 22.7 Å². The van der Waals surface area contributed by atoms with Crippen LogP contribution in [0.5, 0.6) is 17.2 Å². The fraction of sp³-hybridized carbons (Fsp3) is 0.233. The van der Waals surface area contributed by atoms with E-state index < -0.39 is 6.04 Å². The normalized spacial score (nSPS) is 13.8. The van der Waals surface area contributed by atoms with E-state index in [1.165, 1.54) is 12.1 Å². The predicted molar refractivity (Wildman–Crippen MR) is 157 cm³/mol. The molecule has 1 aromatic heterocycles. The van der Waals surface area contributed by atoms with Crippen LogP contribution in [-0.2, 0) is 16.0 Å². The molecule has 2 heterocycles. The van der Waals surface area contributed by atoms with Crippen LogP contribution in [0.1, 0.15) is 40.8 Å². The number of benzene rings is 3. The highest BCUT2D eigenvalue weighted by molar-refractivity contribution is 6.30. The third-order valence-corrected chi connectivity index (χ3v) is 7.10. The number of hydrogen-bond donors (Lipinski definition) is 4. The number of aryl methyl sites for hydroxylation is 1. The Hall–Kier alpha value is -4.90. The number of hydrogen-bond acceptors (Lipinski definition) is 8. The topological polar surface area (TPSA) is 151 Å². The predicted octanol–water partition coefficient (Wildman–Crippen LogP) is 3.41. The van der Waals surface area contributed by atoms with Gasteiger partial charge in [-0.3, -0.25) is 19.1 Å². The van der Waals surface area contributed by atoms with Gasteiger partial charge in [0.1, 0.15) is 17.6 Å². The Labute approximate surface area is 246 Å². The van der Waals surface area contributed by atoms with Crippen LogP contribution in [0.4, 0.5) is 0 Å². The molecule has 1 aliphatic heterocycles. The van der Waals surface area contributed by atoms with E-state index >= 15 is 0 Å². The van der Waals surface area contributed by atoms with Crippen molar-refractivity contribution in [3.05, 3.63) is 94.0 Å². The zero-order chi connectivity index (χ0) is 29.8. The van der Waals surface area contributed by atoms with Crippen molar-refractivity contribution in [3.63, 3.8) is 0 Å². The zero-order valence-electron chi connectivity index (χ0n) is 23.0. The van der Waals surface area contributed by atoms with Crippen molar-refractivity contribution in [2.45, 2.75) is 25.8 Å². The molecule has 0 aliphatic carbocycles. The average molecular weight is 589 g/mol. The SMILES string of the molecule is COc1ccc2c(c1)C(c1ccc(Cl)cc1)=N[C@@H](CC(=O)NCC(=O)NCCc1ccc(O)c(O)c1)c1nnc(C)n1-2. The van der Waals surface area contributed by atoms with Gasteiger partial charge in [-0.2, -0.15) is 0 Å². The maximum absolute atomic E-state index is 13.1. The molecule has 3 aromatic carbocycles. The number of aliphatic imine (C=N–C) groups is 1. The fourth-order valence-corrected chi connectivity index (χ4v) is 4.86. The van der Waals surface area contributed by atoms with Gasteiger partial charge in [0.05, 0.1) is 31.5 Å². The van der Waals surface area contributed by atoms with Gasteiger partial charge in [0.15, 0.2) is 17.3 Å². The van der Waals surface area contributed by atoms with E-state index in [-0.39, 0.29) is 36.3 Å². The second-order valence-corrected chi connectivity index (χ2v) is 10.2. The number of phenolic OH excluding ortho intramolecular Hbond substituents is 2. The number of nitrogens with one attached hydrogen (secondary N) is 2. The van der Waals surface area contributed by atoms with Crippen molar-refractivity contribution in [2.75, 3.05) is 20.2 Å². The molecule has 11 nitrogen and oxygen atoms in total. The standard InChI is InChI=1S/C30H29ClN6O5/c1-17-35-36-30-23(15-27(40)33-16-28(41)32-12-11-18-3-10-25(38)26(39)13-18)34-29(19-4-6-20(31)7-5-19)22-14-21(42-2)8-9-24(22)37(17)30/h3-10,13-14,23,38-39H,11-12,15-16H2,1-2H3,(H,32,41)(H,33,40)/t23-/m0/s1. The van der Waals surface area contributed by atoms with Gasteiger partial charge in [-0.25, -0.2) is 0 Å². The molecule has 0 saturated carbocycles. The maximum Gasteiger partial charge on any atom is 0.239 e. The first-order chi connectivity index (χ1) is 20.2. The van der Waals surface area contributed by atoms with Gasteiger partial charge in [-0.1, -0.05) is 29.8 Å². The molecule has 2 amide bonds. The first kappa shape index (κ1) is 28.6. The van der Waals surface area contributed by atoms with E-state index in [1.54, 1.807) is 25.3 Å². The van der Waals surface area contributed by atoms with Crippen molar-refractivity contribution in [3.8, 4) is 22.9 Å². The quantitative estimate of drug-likeness (QED) is 0.219. The number of carbonyl (C=O) groups is 2. The molecule has 1 aliphatic rings. The highest BCUT2D eigenvalue weighted by Gasteiger charge is 2.30. The molecular formula is C30H29ClN6O5. The minimum absolute atomic E-state index is 0.0690. The summed E-state index contributed by atoms with van der Waals surface area (Å²) in [5.41, 5.74) is 3.77. The van der Waals surface area contributed by atoms with Crippen molar-refractivity contribution in [1.29, 1.82) is 0 Å². The van der Waals surface area contributed by atoms with Crippen molar-refractivity contribution < 1.29 is 24.5 Å². The van der Waals surface area contributed by atoms with E-state index in [0.717, 1.165) is 22.4 Å². The summed E-state index contributed by atoms with van der Waals surface area (Å²) >= 11 is 6.15. The molecular weight excluding hydrogens is 560 g/mol. The molecule has 0 bridgehead atoms. The Morgan fingerprint density at radius 3 is 2.50 bits per heavy atom. The summed E-state index contributed by atoms with van der Waals surface area (Å²) in [6.45, 7) is 1.91. The molecule has 0 fully saturated rings. The summed E-state index contributed by atoms with van der Waals surface area (Å²) < 4.78 is 7.37. The first-order valence-electron chi connectivity index (χ1n) is 13.2. The van der Waals surface area contributed by atoms with Crippen molar-refractivity contribution in [1.82, 2.24) is 25.4 Å². The lowest BCUT2D eigenvalue weighted by molar-refractivity contribution is -0.126. The number of phenols is 2. The highest BCUT2D eigenvalue weighted by atomic mass is 35.5. The molecule has 216 valence electrons. The molecule has 0 saturated heterocycles. The summed E-state index contributed by atoms with van der Waals surface area (Å²) in [5, 5.41) is 33.7. The summed E-state index contributed by atoms with van der Waals surface area (Å²) in [5.74, 6) is 0.604. The van der Waals surface area contributed by atoms with Gasteiger partial charge < -0.3 is 25.6 Å². The average Bonchev–Trinajstić information content (AvgIpc) is 3.30. The number of aromatic hydroxyl groups is 2. The van der Waals surface area contributed by atoms with Crippen LogP contribution in [0, 0.1) is 6.92 Å². The zero-order valence-corrected chi connectivity index (χ0v) is 23.7.